The van der Waals surface area contributed by atoms with Crippen molar-refractivity contribution in [2.75, 3.05) is 6.61 Å². The van der Waals surface area contributed by atoms with Crippen molar-refractivity contribution in [3.05, 3.63) is 0 Å². The van der Waals surface area contributed by atoms with Gasteiger partial charge >= 0.3 is 0 Å². The summed E-state index contributed by atoms with van der Waals surface area (Å²) in [5.41, 5.74) is 0. The Balaban J connectivity index is 3.46. The van der Waals surface area contributed by atoms with E-state index in [1.54, 1.807) is 12.1 Å². The van der Waals surface area contributed by atoms with E-state index < -0.39 is 5.92 Å². The molecule has 0 saturated heterocycles. The summed E-state index contributed by atoms with van der Waals surface area (Å²) in [4.78, 5) is 0. The second-order valence-electron chi connectivity index (χ2n) is 1.32. The van der Waals surface area contributed by atoms with Gasteiger partial charge in [-0.15, -0.1) is 0 Å². The quantitative estimate of drug-likeness (QED) is 0.545. The van der Waals surface area contributed by atoms with Crippen LogP contribution in [-0.2, 0) is 0 Å². The van der Waals surface area contributed by atoms with E-state index in [9.17, 15) is 0 Å². The van der Waals surface area contributed by atoms with E-state index in [2.05, 4.69) is 0 Å². The molecule has 0 saturated carbocycles. The topological polar surface area (TPSA) is 67.8 Å². The molecule has 1 N–H and O–H groups in total. The molecular formula is C5H6N2O. The molecule has 0 radical (unpaired) electrons. The molecule has 0 atom stereocenters. The standard InChI is InChI=1S/C5H6N2O/c6-3-5(4-7)1-2-8/h5,8H,1-2H2. The zero-order valence-corrected chi connectivity index (χ0v) is 4.33. The fourth-order valence-electron chi connectivity index (χ4n) is 0.287. The molecule has 0 aromatic heterocycles. The van der Waals surface area contributed by atoms with Gasteiger partial charge in [0.15, 0.2) is 0 Å². The van der Waals surface area contributed by atoms with Gasteiger partial charge in [-0.2, -0.15) is 10.5 Å². The Bertz CT molecular complexity index is 116. The van der Waals surface area contributed by atoms with Crippen molar-refractivity contribution in [2.45, 2.75) is 6.42 Å². The van der Waals surface area contributed by atoms with Gasteiger partial charge in [-0.05, 0) is 6.42 Å². The van der Waals surface area contributed by atoms with E-state index in [4.69, 9.17) is 15.6 Å². The third-order valence-electron chi connectivity index (χ3n) is 0.729. The largest absolute Gasteiger partial charge is 0.396 e. The monoisotopic (exact) mass is 110 g/mol. The first-order valence-electron chi connectivity index (χ1n) is 2.25. The molecule has 0 bridgehead atoms. The molecule has 0 amide bonds. The predicted octanol–water partition coefficient (Wildman–Crippen LogP) is 0.0322. The van der Waals surface area contributed by atoms with Gasteiger partial charge < -0.3 is 5.11 Å². The summed E-state index contributed by atoms with van der Waals surface area (Å²) in [5, 5.41) is 24.3. The van der Waals surface area contributed by atoms with Crippen molar-refractivity contribution in [3.8, 4) is 12.1 Å². The average Bonchev–Trinajstić information content (AvgIpc) is 1.83. The molecule has 0 fully saturated rings. The fourth-order valence-corrected chi connectivity index (χ4v) is 0.287. The normalized spacial score (nSPS) is 8.00. The average molecular weight is 110 g/mol. The van der Waals surface area contributed by atoms with Crippen molar-refractivity contribution in [2.24, 2.45) is 5.92 Å². The van der Waals surface area contributed by atoms with Crippen LogP contribution >= 0.6 is 0 Å². The van der Waals surface area contributed by atoms with Crippen LogP contribution in [0.5, 0.6) is 0 Å². The van der Waals surface area contributed by atoms with E-state index in [0.29, 0.717) is 0 Å². The second-order valence-corrected chi connectivity index (χ2v) is 1.32. The lowest BCUT2D eigenvalue weighted by Gasteiger charge is -1.89. The van der Waals surface area contributed by atoms with Crippen LogP contribution in [0.1, 0.15) is 6.42 Å². The molecule has 3 nitrogen and oxygen atoms in total. The second kappa shape index (κ2) is 4.11. The smallest absolute Gasteiger partial charge is 0.135 e. The summed E-state index contributed by atoms with van der Waals surface area (Å²) in [5.74, 6) is -0.639. The fraction of sp³-hybridized carbons (Fsp3) is 0.600. The van der Waals surface area contributed by atoms with Gasteiger partial charge in [0.2, 0.25) is 0 Å². The highest BCUT2D eigenvalue weighted by atomic mass is 16.2. The molecule has 42 valence electrons. The number of aliphatic hydroxyl groups is 1. The highest BCUT2D eigenvalue weighted by Crippen LogP contribution is 1.95. The zero-order valence-electron chi connectivity index (χ0n) is 4.33. The van der Waals surface area contributed by atoms with Gasteiger partial charge in [0.25, 0.3) is 0 Å². The molecule has 0 unspecified atom stereocenters. The van der Waals surface area contributed by atoms with E-state index in [0.717, 1.165) is 0 Å². The molecule has 0 aliphatic heterocycles. The highest BCUT2D eigenvalue weighted by Gasteiger charge is 2.01. The molecule has 0 aromatic carbocycles. The zero-order chi connectivity index (χ0) is 6.41. The van der Waals surface area contributed by atoms with E-state index in [-0.39, 0.29) is 13.0 Å². The Morgan fingerprint density at radius 3 is 2.00 bits per heavy atom. The molecule has 0 aliphatic rings. The molecule has 3 heteroatoms. The van der Waals surface area contributed by atoms with Crippen LogP contribution in [-0.4, -0.2) is 11.7 Å². The summed E-state index contributed by atoms with van der Waals surface area (Å²) < 4.78 is 0. The summed E-state index contributed by atoms with van der Waals surface area (Å²) in [6.45, 7) is -0.0915. The molecular weight excluding hydrogens is 104 g/mol. The molecule has 0 aliphatic carbocycles. The first-order valence-corrected chi connectivity index (χ1v) is 2.25. The van der Waals surface area contributed by atoms with Gasteiger partial charge in [0, 0.05) is 6.61 Å². The maximum atomic E-state index is 8.20. The van der Waals surface area contributed by atoms with Crippen LogP contribution in [0.2, 0.25) is 0 Å². The molecule has 0 spiro atoms. The molecule has 0 rings (SSSR count). The maximum absolute atomic E-state index is 8.20. The SMILES string of the molecule is N#CC(C#N)CCO. The van der Waals surface area contributed by atoms with E-state index in [1.165, 1.54) is 0 Å². The van der Waals surface area contributed by atoms with Crippen LogP contribution in [0.25, 0.3) is 0 Å². The maximum Gasteiger partial charge on any atom is 0.135 e. The third-order valence-corrected chi connectivity index (χ3v) is 0.729. The Hall–Kier alpha value is -1.06. The lowest BCUT2D eigenvalue weighted by atomic mass is 10.1. The van der Waals surface area contributed by atoms with Crippen LogP contribution in [0.15, 0.2) is 0 Å². The van der Waals surface area contributed by atoms with Crippen LogP contribution in [0.4, 0.5) is 0 Å². The van der Waals surface area contributed by atoms with E-state index >= 15 is 0 Å². The summed E-state index contributed by atoms with van der Waals surface area (Å²) >= 11 is 0. The Morgan fingerprint density at radius 2 is 1.88 bits per heavy atom. The number of hydrogen-bond donors (Lipinski definition) is 1. The van der Waals surface area contributed by atoms with Crippen molar-refractivity contribution >= 4 is 0 Å². The highest BCUT2D eigenvalue weighted by molar-refractivity contribution is 4.98. The van der Waals surface area contributed by atoms with Crippen LogP contribution in [0, 0.1) is 28.6 Å². The van der Waals surface area contributed by atoms with Crippen molar-refractivity contribution < 1.29 is 5.11 Å². The first kappa shape index (κ1) is 6.94. The Morgan fingerprint density at radius 1 is 1.38 bits per heavy atom. The summed E-state index contributed by atoms with van der Waals surface area (Å²) in [7, 11) is 0. The Labute approximate surface area is 47.8 Å². The lowest BCUT2D eigenvalue weighted by molar-refractivity contribution is 0.281. The molecule has 0 aromatic rings. The third kappa shape index (κ3) is 2.17. The van der Waals surface area contributed by atoms with Crippen molar-refractivity contribution in [1.82, 2.24) is 0 Å². The summed E-state index contributed by atoms with van der Waals surface area (Å²) in [6, 6.07) is 3.46. The van der Waals surface area contributed by atoms with Gasteiger partial charge in [-0.3, -0.25) is 0 Å². The number of aliphatic hydroxyl groups excluding tert-OH is 1. The minimum atomic E-state index is -0.639. The van der Waals surface area contributed by atoms with Crippen LogP contribution in [0.3, 0.4) is 0 Å². The van der Waals surface area contributed by atoms with E-state index in [1.807, 2.05) is 0 Å². The minimum absolute atomic E-state index is 0.0915. The van der Waals surface area contributed by atoms with Crippen molar-refractivity contribution in [3.63, 3.8) is 0 Å². The van der Waals surface area contributed by atoms with Crippen molar-refractivity contribution in [1.29, 1.82) is 10.5 Å². The first-order chi connectivity index (χ1) is 3.85. The lowest BCUT2D eigenvalue weighted by Crippen LogP contribution is -1.95. The molecule has 8 heavy (non-hydrogen) atoms. The summed E-state index contributed by atoms with van der Waals surface area (Å²) in [6.07, 6.45) is 0.257. The van der Waals surface area contributed by atoms with Crippen LogP contribution < -0.4 is 0 Å². The predicted molar refractivity (Wildman–Crippen MR) is 26.4 cm³/mol. The number of hydrogen-bond acceptors (Lipinski definition) is 3. The van der Waals surface area contributed by atoms with Gasteiger partial charge in [-0.1, -0.05) is 0 Å². The van der Waals surface area contributed by atoms with Gasteiger partial charge in [-0.25, -0.2) is 0 Å². The number of nitrogens with zero attached hydrogens (tertiary/aromatic N) is 2. The molecule has 0 heterocycles. The van der Waals surface area contributed by atoms with Gasteiger partial charge in [0.05, 0.1) is 12.1 Å². The number of rotatable bonds is 2. The minimum Gasteiger partial charge on any atom is -0.396 e. The Kier molecular flexibility index (Phi) is 3.56. The number of nitriles is 2. The van der Waals surface area contributed by atoms with Gasteiger partial charge in [0.1, 0.15) is 5.92 Å².